The molecule has 1 unspecified atom stereocenters. The second-order valence-electron chi connectivity index (χ2n) is 6.02. The Bertz CT molecular complexity index is 1130. The Morgan fingerprint density at radius 3 is 2.17 bits per heavy atom. The average Bonchev–Trinajstić information content (AvgIpc) is 2.67. The Morgan fingerprint density at radius 2 is 1.59 bits per heavy atom. The van der Waals surface area contributed by atoms with Crippen molar-refractivity contribution >= 4 is 34.0 Å². The first-order valence-electron chi connectivity index (χ1n) is 8.13. The van der Waals surface area contributed by atoms with Crippen molar-refractivity contribution in [3.63, 3.8) is 0 Å². The molecule has 0 radical (unpaired) electrons. The van der Waals surface area contributed by atoms with Crippen LogP contribution < -0.4 is 9.47 Å². The zero-order chi connectivity index (χ0) is 21.3. The molecule has 0 aliphatic rings. The minimum atomic E-state index is -4.94. The van der Waals surface area contributed by atoms with Crippen molar-refractivity contribution in [2.75, 3.05) is 0 Å². The molecule has 0 bridgehead atoms. The molecule has 150 valence electrons. The summed E-state index contributed by atoms with van der Waals surface area (Å²) in [5.41, 5.74) is -1.57. The van der Waals surface area contributed by atoms with Crippen LogP contribution in [0.15, 0.2) is 42.5 Å². The van der Waals surface area contributed by atoms with Crippen molar-refractivity contribution in [1.82, 2.24) is 0 Å². The van der Waals surface area contributed by atoms with Crippen LogP contribution in [0.2, 0.25) is 10.0 Å². The summed E-state index contributed by atoms with van der Waals surface area (Å²) in [7, 11) is 0. The number of rotatable bonds is 4. The molecule has 0 aliphatic carbocycles. The van der Waals surface area contributed by atoms with Gasteiger partial charge in [0, 0.05) is 0 Å². The van der Waals surface area contributed by atoms with Crippen LogP contribution in [0, 0.1) is 17.1 Å². The van der Waals surface area contributed by atoms with E-state index in [0.717, 1.165) is 5.39 Å². The normalized spacial score (nSPS) is 12.5. The first-order chi connectivity index (χ1) is 13.6. The number of benzene rings is 3. The van der Waals surface area contributed by atoms with Crippen LogP contribution in [-0.2, 0) is 6.18 Å². The summed E-state index contributed by atoms with van der Waals surface area (Å²) in [6.07, 6.45) is -5.56. The van der Waals surface area contributed by atoms with Gasteiger partial charge in [-0.15, -0.1) is 0 Å². The maximum absolute atomic E-state index is 14.0. The molecule has 0 heterocycles. The SMILES string of the molecule is CC(C#N)Oc1ccc2cc(Oc3c(Cl)cc(C(F)(F)F)c(F)c3Cl)ccc2c1. The summed E-state index contributed by atoms with van der Waals surface area (Å²) in [5.74, 6) is -1.38. The Morgan fingerprint density at radius 1 is 1.00 bits per heavy atom. The zero-order valence-corrected chi connectivity index (χ0v) is 16.2. The molecule has 1 atom stereocenters. The molecule has 0 fully saturated rings. The zero-order valence-electron chi connectivity index (χ0n) is 14.7. The van der Waals surface area contributed by atoms with Gasteiger partial charge in [0.25, 0.3) is 0 Å². The first-order valence-corrected chi connectivity index (χ1v) is 8.88. The molecule has 9 heteroatoms. The first kappa shape index (κ1) is 21.0. The van der Waals surface area contributed by atoms with E-state index in [1.54, 1.807) is 37.3 Å². The minimum Gasteiger partial charge on any atom is -0.476 e. The van der Waals surface area contributed by atoms with Crippen LogP contribution in [0.25, 0.3) is 10.8 Å². The lowest BCUT2D eigenvalue weighted by Crippen LogP contribution is -2.09. The number of halogens is 6. The molecule has 0 aliphatic heterocycles. The third-order valence-corrected chi connectivity index (χ3v) is 4.54. The van der Waals surface area contributed by atoms with E-state index >= 15 is 0 Å². The molecule has 0 N–H and O–H groups in total. The fourth-order valence-corrected chi connectivity index (χ4v) is 3.10. The molecule has 3 aromatic rings. The monoisotopic (exact) mass is 443 g/mol. The Hall–Kier alpha value is -2.69. The minimum absolute atomic E-state index is 0.194. The van der Waals surface area contributed by atoms with E-state index in [1.165, 1.54) is 6.07 Å². The van der Waals surface area contributed by atoms with E-state index in [0.29, 0.717) is 17.2 Å². The average molecular weight is 444 g/mol. The molecule has 0 aromatic heterocycles. The largest absolute Gasteiger partial charge is 0.476 e. The van der Waals surface area contributed by atoms with E-state index < -0.39 is 39.5 Å². The lowest BCUT2D eigenvalue weighted by atomic mass is 10.1. The highest BCUT2D eigenvalue weighted by molar-refractivity contribution is 6.37. The van der Waals surface area contributed by atoms with Gasteiger partial charge >= 0.3 is 6.18 Å². The number of fused-ring (bicyclic) bond motifs is 1. The third kappa shape index (κ3) is 4.50. The van der Waals surface area contributed by atoms with Gasteiger partial charge in [-0.05, 0) is 48.0 Å². The van der Waals surface area contributed by atoms with Gasteiger partial charge in [-0.3, -0.25) is 0 Å². The van der Waals surface area contributed by atoms with Crippen molar-refractivity contribution in [3.8, 4) is 23.3 Å². The maximum atomic E-state index is 14.0. The predicted molar refractivity (Wildman–Crippen MR) is 101 cm³/mol. The highest BCUT2D eigenvalue weighted by Gasteiger charge is 2.37. The summed E-state index contributed by atoms with van der Waals surface area (Å²) >= 11 is 11.6. The summed E-state index contributed by atoms with van der Waals surface area (Å²) in [6.45, 7) is 1.61. The van der Waals surface area contributed by atoms with Gasteiger partial charge in [0.2, 0.25) is 0 Å². The van der Waals surface area contributed by atoms with Crippen LogP contribution in [0.1, 0.15) is 12.5 Å². The number of nitrogens with zero attached hydrogens (tertiary/aromatic N) is 1. The molecule has 3 rings (SSSR count). The van der Waals surface area contributed by atoms with Crippen LogP contribution in [-0.4, -0.2) is 6.10 Å². The number of ether oxygens (including phenoxy) is 2. The summed E-state index contributed by atoms with van der Waals surface area (Å²) in [4.78, 5) is 0. The topological polar surface area (TPSA) is 42.2 Å². The van der Waals surface area contributed by atoms with E-state index in [4.69, 9.17) is 37.9 Å². The van der Waals surface area contributed by atoms with Gasteiger partial charge in [0.05, 0.1) is 10.6 Å². The Labute approximate surface area is 173 Å². The molecular formula is C20H11Cl2F4NO2. The van der Waals surface area contributed by atoms with Gasteiger partial charge < -0.3 is 9.47 Å². The van der Waals surface area contributed by atoms with E-state index in [1.807, 2.05) is 6.07 Å². The predicted octanol–water partition coefficient (Wildman–Crippen LogP) is 7.39. The second kappa shape index (κ2) is 7.97. The van der Waals surface area contributed by atoms with Gasteiger partial charge in [-0.25, -0.2) is 4.39 Å². The molecule has 0 spiro atoms. The lowest BCUT2D eigenvalue weighted by molar-refractivity contribution is -0.140. The molecule has 3 aromatic carbocycles. The van der Waals surface area contributed by atoms with Crippen LogP contribution >= 0.6 is 23.2 Å². The van der Waals surface area contributed by atoms with Gasteiger partial charge in [0.15, 0.2) is 17.7 Å². The number of alkyl halides is 3. The molecule has 0 amide bonds. The standard InChI is InChI=1S/C20H11Cl2F4NO2/c1-10(9-27)28-13-4-2-12-7-14(5-3-11(12)6-13)29-19-16(21)8-15(20(24,25)26)18(23)17(19)22/h2-8,10H,1H3. The summed E-state index contributed by atoms with van der Waals surface area (Å²) in [6, 6.07) is 12.2. The van der Waals surface area contributed by atoms with Crippen molar-refractivity contribution in [2.45, 2.75) is 19.2 Å². The van der Waals surface area contributed by atoms with Crippen molar-refractivity contribution in [3.05, 3.63) is 63.9 Å². The highest BCUT2D eigenvalue weighted by Crippen LogP contribution is 2.44. The van der Waals surface area contributed by atoms with Crippen LogP contribution in [0.4, 0.5) is 17.6 Å². The summed E-state index contributed by atoms with van der Waals surface area (Å²) in [5, 5.41) is 8.94. The fraction of sp³-hybridized carbons (Fsp3) is 0.150. The Kier molecular flexibility index (Phi) is 5.78. The molecule has 29 heavy (non-hydrogen) atoms. The number of hydrogen-bond donors (Lipinski definition) is 0. The molecular weight excluding hydrogens is 433 g/mol. The molecule has 0 saturated carbocycles. The number of hydrogen-bond acceptors (Lipinski definition) is 3. The van der Waals surface area contributed by atoms with E-state index in [-0.39, 0.29) is 5.75 Å². The van der Waals surface area contributed by atoms with Crippen LogP contribution in [0.5, 0.6) is 17.2 Å². The summed E-state index contributed by atoms with van der Waals surface area (Å²) < 4.78 is 63.5. The lowest BCUT2D eigenvalue weighted by Gasteiger charge is -2.15. The van der Waals surface area contributed by atoms with Crippen LogP contribution in [0.3, 0.4) is 0 Å². The van der Waals surface area contributed by atoms with E-state index in [9.17, 15) is 17.6 Å². The van der Waals surface area contributed by atoms with E-state index in [2.05, 4.69) is 0 Å². The van der Waals surface area contributed by atoms with Crippen molar-refractivity contribution in [1.29, 1.82) is 5.26 Å². The maximum Gasteiger partial charge on any atom is 0.419 e. The smallest absolute Gasteiger partial charge is 0.419 e. The van der Waals surface area contributed by atoms with Crippen molar-refractivity contribution in [2.24, 2.45) is 0 Å². The third-order valence-electron chi connectivity index (χ3n) is 3.92. The fourth-order valence-electron chi connectivity index (χ4n) is 2.57. The second-order valence-corrected chi connectivity index (χ2v) is 6.81. The molecule has 3 nitrogen and oxygen atoms in total. The van der Waals surface area contributed by atoms with Gasteiger partial charge in [-0.1, -0.05) is 35.3 Å². The van der Waals surface area contributed by atoms with Gasteiger partial charge in [-0.2, -0.15) is 18.4 Å². The van der Waals surface area contributed by atoms with Crippen molar-refractivity contribution < 1.29 is 27.0 Å². The Balaban J connectivity index is 1.94. The number of nitriles is 1. The van der Waals surface area contributed by atoms with Gasteiger partial charge in [0.1, 0.15) is 22.6 Å². The quantitative estimate of drug-likeness (QED) is 0.311. The molecule has 0 saturated heterocycles. The highest BCUT2D eigenvalue weighted by atomic mass is 35.5.